The molecule has 0 radical (unpaired) electrons. The van der Waals surface area contributed by atoms with E-state index >= 15 is 0 Å². The summed E-state index contributed by atoms with van der Waals surface area (Å²) in [5.74, 6) is -1.40. The molecule has 0 aromatic heterocycles. The number of halogens is 4. The summed E-state index contributed by atoms with van der Waals surface area (Å²) in [6.45, 7) is 6.10. The lowest BCUT2D eigenvalue weighted by atomic mass is 9.34. The first kappa shape index (κ1) is 36.5. The third-order valence-electron chi connectivity index (χ3n) is 11.5. The fourth-order valence-electron chi connectivity index (χ4n) is 8.71. The van der Waals surface area contributed by atoms with Gasteiger partial charge in [0, 0.05) is 34.6 Å². The molecule has 2 heterocycles. The van der Waals surface area contributed by atoms with Crippen LogP contribution in [-0.2, 0) is 5.41 Å². The van der Waals surface area contributed by atoms with Gasteiger partial charge in [-0.15, -0.1) is 0 Å². The summed E-state index contributed by atoms with van der Waals surface area (Å²) >= 11 is 0. The number of nitrogens with zero attached hydrogens (tertiary/aromatic N) is 1. The normalized spacial score (nSPS) is 12.7. The summed E-state index contributed by atoms with van der Waals surface area (Å²) in [4.78, 5) is 2.32. The molecule has 2 aliphatic heterocycles. The molecule has 0 amide bonds. The molecule has 8 aromatic carbocycles. The molecular weight excluding hydrogens is 741 g/mol. The molecule has 0 fully saturated rings. The second-order valence-electron chi connectivity index (χ2n) is 16.3. The maximum Gasteiger partial charge on any atom is 0.256 e. The molecule has 59 heavy (non-hydrogen) atoms. The summed E-state index contributed by atoms with van der Waals surface area (Å²) in [6, 6.07) is 50.0. The first-order chi connectivity index (χ1) is 28.5. The van der Waals surface area contributed by atoms with Crippen LogP contribution in [0.3, 0.4) is 0 Å². The maximum absolute atomic E-state index is 14.8. The molecule has 2 aliphatic rings. The molecule has 2 nitrogen and oxygen atoms in total. The van der Waals surface area contributed by atoms with Gasteiger partial charge in [-0.2, -0.15) is 0 Å². The summed E-state index contributed by atoms with van der Waals surface area (Å²) in [7, 11) is 0. The van der Waals surface area contributed by atoms with Crippen LogP contribution in [0.4, 0.5) is 34.6 Å². The molecular formula is C52H36BF4NO. The van der Waals surface area contributed by atoms with Crippen LogP contribution >= 0.6 is 0 Å². The Balaban J connectivity index is 1.32. The van der Waals surface area contributed by atoms with E-state index < -0.39 is 30.0 Å². The van der Waals surface area contributed by atoms with Crippen molar-refractivity contribution in [2.75, 3.05) is 4.90 Å². The lowest BCUT2D eigenvalue weighted by Crippen LogP contribution is -2.59. The van der Waals surface area contributed by atoms with Crippen molar-refractivity contribution < 1.29 is 22.3 Å². The zero-order valence-corrected chi connectivity index (χ0v) is 32.5. The van der Waals surface area contributed by atoms with Gasteiger partial charge in [0.1, 0.15) is 34.8 Å². The van der Waals surface area contributed by atoms with Crippen molar-refractivity contribution in [3.8, 4) is 56.0 Å². The van der Waals surface area contributed by atoms with Gasteiger partial charge < -0.3 is 9.64 Å². The van der Waals surface area contributed by atoms with Gasteiger partial charge in [-0.3, -0.25) is 0 Å². The van der Waals surface area contributed by atoms with Crippen molar-refractivity contribution in [3.05, 3.63) is 193 Å². The van der Waals surface area contributed by atoms with Crippen molar-refractivity contribution in [1.29, 1.82) is 0 Å². The molecule has 0 unspecified atom stereocenters. The van der Waals surface area contributed by atoms with Gasteiger partial charge in [-0.1, -0.05) is 124 Å². The maximum atomic E-state index is 14.8. The van der Waals surface area contributed by atoms with Crippen LogP contribution in [-0.4, -0.2) is 6.71 Å². The SMILES string of the molecule is CC(C)(C)c1cc2c3c(c1)N(c1c(-c4ccccc4)cccc1-c1ccccc1)c1ccc(-c4cc(F)cc(F)c4)cc1B3c1cc(-c3cc(F)cc(F)c3)ccc1O2. The van der Waals surface area contributed by atoms with Crippen LogP contribution in [0.15, 0.2) is 164 Å². The number of hydrogen-bond acceptors (Lipinski definition) is 2. The Bertz CT molecular complexity index is 2860. The third-order valence-corrected chi connectivity index (χ3v) is 11.5. The highest BCUT2D eigenvalue weighted by Crippen LogP contribution is 2.50. The number of ether oxygens (including phenoxy) is 1. The van der Waals surface area contributed by atoms with Crippen molar-refractivity contribution in [3.63, 3.8) is 0 Å². The molecule has 286 valence electrons. The van der Waals surface area contributed by atoms with E-state index in [0.29, 0.717) is 33.8 Å². The van der Waals surface area contributed by atoms with E-state index in [-0.39, 0.29) is 5.41 Å². The van der Waals surface area contributed by atoms with Crippen LogP contribution in [0.5, 0.6) is 11.5 Å². The fourth-order valence-corrected chi connectivity index (χ4v) is 8.71. The fraction of sp³-hybridized carbons (Fsp3) is 0.0769. The molecule has 0 atom stereocenters. The highest BCUT2D eigenvalue weighted by atomic mass is 19.1. The van der Waals surface area contributed by atoms with Gasteiger partial charge in [-0.05, 0) is 109 Å². The molecule has 7 heteroatoms. The minimum absolute atomic E-state index is 0.269. The molecule has 0 saturated heterocycles. The number of anilines is 3. The van der Waals surface area contributed by atoms with Gasteiger partial charge in [-0.25, -0.2) is 17.6 Å². The molecule has 0 aliphatic carbocycles. The topological polar surface area (TPSA) is 12.5 Å². The van der Waals surface area contributed by atoms with Crippen LogP contribution < -0.4 is 26.0 Å². The second-order valence-corrected chi connectivity index (χ2v) is 16.3. The Labute approximate surface area is 341 Å². The minimum atomic E-state index is -0.673. The Morgan fingerprint density at radius 2 is 0.966 bits per heavy atom. The molecule has 0 N–H and O–H groups in total. The highest BCUT2D eigenvalue weighted by Gasteiger charge is 2.44. The third kappa shape index (κ3) is 6.38. The van der Waals surface area contributed by atoms with E-state index in [9.17, 15) is 17.6 Å². The van der Waals surface area contributed by atoms with Gasteiger partial charge >= 0.3 is 0 Å². The molecule has 0 bridgehead atoms. The summed E-state index contributed by atoms with van der Waals surface area (Å²) in [5.41, 5.74) is 12.3. The Morgan fingerprint density at radius 1 is 0.441 bits per heavy atom. The summed E-state index contributed by atoms with van der Waals surface area (Å²) in [6.07, 6.45) is 0. The number of fused-ring (bicyclic) bond motifs is 4. The minimum Gasteiger partial charge on any atom is -0.458 e. The van der Waals surface area contributed by atoms with Gasteiger partial charge in [0.05, 0.1) is 5.69 Å². The highest BCUT2D eigenvalue weighted by molar-refractivity contribution is 6.99. The predicted molar refractivity (Wildman–Crippen MR) is 233 cm³/mol. The van der Waals surface area contributed by atoms with Gasteiger partial charge in [0.2, 0.25) is 0 Å². The van der Waals surface area contributed by atoms with Crippen LogP contribution in [0.25, 0.3) is 44.5 Å². The van der Waals surface area contributed by atoms with Crippen LogP contribution in [0.2, 0.25) is 0 Å². The van der Waals surface area contributed by atoms with Crippen molar-refractivity contribution in [2.24, 2.45) is 0 Å². The largest absolute Gasteiger partial charge is 0.458 e. The average Bonchev–Trinajstić information content (AvgIpc) is 3.22. The van der Waals surface area contributed by atoms with Crippen molar-refractivity contribution >= 4 is 40.2 Å². The average molecular weight is 778 g/mol. The first-order valence-electron chi connectivity index (χ1n) is 19.6. The van der Waals surface area contributed by atoms with E-state index in [0.717, 1.165) is 73.4 Å². The molecule has 10 rings (SSSR count). The van der Waals surface area contributed by atoms with E-state index in [2.05, 4.69) is 80.3 Å². The van der Waals surface area contributed by atoms with Crippen molar-refractivity contribution in [1.82, 2.24) is 0 Å². The van der Waals surface area contributed by atoms with E-state index in [1.54, 1.807) is 0 Å². The Kier molecular flexibility index (Phi) is 8.60. The zero-order valence-electron chi connectivity index (χ0n) is 32.5. The Morgan fingerprint density at radius 3 is 1.51 bits per heavy atom. The van der Waals surface area contributed by atoms with Crippen LogP contribution in [0, 0.1) is 23.3 Å². The smallest absolute Gasteiger partial charge is 0.256 e. The van der Waals surface area contributed by atoms with E-state index in [1.807, 2.05) is 72.8 Å². The summed E-state index contributed by atoms with van der Waals surface area (Å²) < 4.78 is 65.8. The first-order valence-corrected chi connectivity index (χ1v) is 19.6. The van der Waals surface area contributed by atoms with Gasteiger partial charge in [0.25, 0.3) is 6.71 Å². The molecule has 8 aromatic rings. The lowest BCUT2D eigenvalue weighted by molar-refractivity contribution is 0.483. The number of rotatable bonds is 5. The summed E-state index contributed by atoms with van der Waals surface area (Å²) in [5, 5.41) is 0. The molecule has 0 saturated carbocycles. The van der Waals surface area contributed by atoms with Crippen LogP contribution in [0.1, 0.15) is 26.3 Å². The van der Waals surface area contributed by atoms with E-state index in [4.69, 9.17) is 4.74 Å². The Hall–Kier alpha value is -6.86. The quantitative estimate of drug-likeness (QED) is 0.127. The predicted octanol–water partition coefficient (Wildman–Crippen LogP) is 12.6. The lowest BCUT2D eigenvalue weighted by Gasteiger charge is -2.42. The second kappa shape index (κ2) is 13.9. The standard InChI is InChI=1S/C52H36BF4NO/c1-52(2,3)37-27-47-50-49(28-37)59-48-20-18-34(36-23-40(56)30-41(57)24-36)26-45(48)53(50)44-25-33(35-21-38(54)29-39(55)22-35)17-19-46(44)58(47)51-42(31-11-6-4-7-12-31)15-10-16-43(51)32-13-8-5-9-14-32/h4-30H,1-3H3. The van der Waals surface area contributed by atoms with Gasteiger partial charge in [0.15, 0.2) is 0 Å². The zero-order chi connectivity index (χ0) is 40.6. The molecule has 0 spiro atoms. The van der Waals surface area contributed by atoms with E-state index in [1.165, 1.54) is 24.3 Å². The number of hydrogen-bond donors (Lipinski definition) is 0. The number of benzene rings is 8. The van der Waals surface area contributed by atoms with Crippen molar-refractivity contribution in [2.45, 2.75) is 26.2 Å². The number of para-hydroxylation sites is 1. The monoisotopic (exact) mass is 777 g/mol.